The minimum atomic E-state index is -0.983. The Morgan fingerprint density at radius 3 is 2.00 bits per heavy atom. The third kappa shape index (κ3) is 7.67. The zero-order valence-electron chi connectivity index (χ0n) is 25.9. The molecule has 0 aromatic carbocycles. The summed E-state index contributed by atoms with van der Waals surface area (Å²) in [6.45, 7) is 7.06. The first-order valence-corrected chi connectivity index (χ1v) is 16.6. The van der Waals surface area contributed by atoms with Gasteiger partial charge in [-0.3, -0.25) is 24.0 Å². The van der Waals surface area contributed by atoms with E-state index in [0.29, 0.717) is 25.8 Å². The van der Waals surface area contributed by atoms with Crippen LogP contribution in [0.15, 0.2) is 0 Å². The molecule has 0 radical (unpaired) electrons. The largest absolute Gasteiger partial charge is 0.363 e. The van der Waals surface area contributed by atoms with E-state index >= 15 is 0 Å². The lowest BCUT2D eigenvalue weighted by molar-refractivity contribution is -0.145. The lowest BCUT2D eigenvalue weighted by atomic mass is 9.72. The van der Waals surface area contributed by atoms with Crippen LogP contribution in [0.5, 0.6) is 0 Å². The first-order chi connectivity index (χ1) is 19.4. The second-order valence-corrected chi connectivity index (χ2v) is 14.9. The molecule has 4 rings (SSSR count). The Hall–Kier alpha value is -2.05. The van der Waals surface area contributed by atoms with Gasteiger partial charge in [-0.25, -0.2) is 0 Å². The molecule has 2 aliphatic carbocycles. The molecule has 0 spiro atoms. The Labute approximate surface area is 247 Å². The van der Waals surface area contributed by atoms with Gasteiger partial charge in [0.1, 0.15) is 5.78 Å². The fourth-order valence-electron chi connectivity index (χ4n) is 8.57. The van der Waals surface area contributed by atoms with Gasteiger partial charge in [-0.1, -0.05) is 91.4 Å². The molecular weight excluding hydrogens is 516 g/mol. The van der Waals surface area contributed by atoms with Crippen LogP contribution in [0.1, 0.15) is 136 Å². The van der Waals surface area contributed by atoms with Crippen LogP contribution >= 0.6 is 0 Å². The van der Waals surface area contributed by atoms with Crippen molar-refractivity contribution in [2.45, 2.75) is 142 Å². The molecule has 2 aliphatic heterocycles. The van der Waals surface area contributed by atoms with Gasteiger partial charge in [-0.15, -0.1) is 0 Å². The average molecular weight is 571 g/mol. The fraction of sp³-hybridized carbons (Fsp3) is 0.853. The highest BCUT2D eigenvalue weighted by atomic mass is 16.2. The number of primary amides is 1. The van der Waals surface area contributed by atoms with E-state index in [2.05, 4.69) is 20.8 Å². The number of hydrogen-bond acceptors (Lipinski definition) is 5. The number of piperidine rings is 1. The lowest BCUT2D eigenvalue weighted by Gasteiger charge is -2.35. The van der Waals surface area contributed by atoms with Gasteiger partial charge in [-0.2, -0.15) is 0 Å². The van der Waals surface area contributed by atoms with Gasteiger partial charge in [0.25, 0.3) is 5.91 Å². The van der Waals surface area contributed by atoms with Crippen molar-refractivity contribution in [3.8, 4) is 0 Å². The summed E-state index contributed by atoms with van der Waals surface area (Å²) in [6.07, 6.45) is 15.7. The molecule has 0 unspecified atom stereocenters. The number of ketones is 3. The van der Waals surface area contributed by atoms with Crippen molar-refractivity contribution in [2.75, 3.05) is 6.54 Å². The van der Waals surface area contributed by atoms with Crippen LogP contribution < -0.4 is 5.73 Å². The van der Waals surface area contributed by atoms with E-state index < -0.39 is 29.6 Å². The highest BCUT2D eigenvalue weighted by Gasteiger charge is 2.69. The van der Waals surface area contributed by atoms with Gasteiger partial charge in [0.05, 0.1) is 6.04 Å². The number of nitrogens with zero attached hydrogens (tertiary/aromatic N) is 1. The quantitative estimate of drug-likeness (QED) is 0.396. The van der Waals surface area contributed by atoms with Crippen molar-refractivity contribution in [1.29, 1.82) is 0 Å². The van der Waals surface area contributed by atoms with Gasteiger partial charge >= 0.3 is 0 Å². The predicted octanol–water partition coefficient (Wildman–Crippen LogP) is 5.95. The third-order valence-corrected chi connectivity index (χ3v) is 11.2. The molecule has 5 atom stereocenters. The van der Waals surface area contributed by atoms with Crippen molar-refractivity contribution >= 4 is 29.2 Å². The summed E-state index contributed by atoms with van der Waals surface area (Å²) in [5.41, 5.74) is 5.38. The second kappa shape index (κ2) is 13.5. The highest BCUT2D eigenvalue weighted by molar-refractivity contribution is 6.36. The van der Waals surface area contributed by atoms with Crippen molar-refractivity contribution in [1.82, 2.24) is 4.90 Å². The topological polar surface area (TPSA) is 115 Å². The number of carbonyl (C=O) groups excluding carboxylic acids is 5. The van der Waals surface area contributed by atoms with Crippen LogP contribution in [0.3, 0.4) is 0 Å². The molecule has 2 amide bonds. The maximum Gasteiger partial charge on any atom is 0.285 e. The zero-order valence-corrected chi connectivity index (χ0v) is 25.9. The van der Waals surface area contributed by atoms with E-state index in [1.54, 1.807) is 4.90 Å². The summed E-state index contributed by atoms with van der Waals surface area (Å²) in [7, 11) is 0. The van der Waals surface area contributed by atoms with Crippen molar-refractivity contribution in [3.05, 3.63) is 0 Å². The average Bonchev–Trinajstić information content (AvgIpc) is 3.22. The molecule has 2 saturated carbocycles. The first kappa shape index (κ1) is 31.9. The van der Waals surface area contributed by atoms with Gasteiger partial charge in [-0.05, 0) is 48.3 Å². The number of rotatable bonds is 6. The number of fused-ring (bicyclic) bond motifs is 3. The van der Waals surface area contributed by atoms with Crippen LogP contribution in [0.2, 0.25) is 0 Å². The van der Waals surface area contributed by atoms with Crippen molar-refractivity contribution < 1.29 is 24.0 Å². The number of Topliss-reactive ketones (excluding diaryl/α,β-unsaturated/α-hetero) is 3. The summed E-state index contributed by atoms with van der Waals surface area (Å²) in [5, 5.41) is 0. The molecule has 4 aliphatic rings. The predicted molar refractivity (Wildman–Crippen MR) is 159 cm³/mol. The van der Waals surface area contributed by atoms with E-state index in [0.717, 1.165) is 64.2 Å². The first-order valence-electron chi connectivity index (χ1n) is 16.6. The lowest BCUT2D eigenvalue weighted by Crippen LogP contribution is -2.49. The Morgan fingerprint density at radius 2 is 1.39 bits per heavy atom. The van der Waals surface area contributed by atoms with Gasteiger partial charge in [0.2, 0.25) is 11.7 Å². The minimum absolute atomic E-state index is 0.0367. The van der Waals surface area contributed by atoms with E-state index in [9.17, 15) is 24.0 Å². The van der Waals surface area contributed by atoms with Crippen LogP contribution in [0.25, 0.3) is 0 Å². The normalized spacial score (nSPS) is 32.9. The van der Waals surface area contributed by atoms with Crippen LogP contribution in [0.4, 0.5) is 0 Å². The van der Waals surface area contributed by atoms with Crippen LogP contribution in [-0.4, -0.2) is 46.7 Å². The SMILES string of the molecule is CC1(CC(=O)C[C@H]2CCCCCCCCCC[C@@H](C(=O)C(N)=O)CC(=O)[C@@H]3[C@@H]4[C@H](CN3C2=O)C4(C)C)CCCCC1. The molecule has 7 nitrogen and oxygen atoms in total. The summed E-state index contributed by atoms with van der Waals surface area (Å²) in [6, 6.07) is -0.588. The molecule has 2 saturated heterocycles. The summed E-state index contributed by atoms with van der Waals surface area (Å²) in [5.74, 6) is -2.47. The smallest absolute Gasteiger partial charge is 0.285 e. The van der Waals surface area contributed by atoms with E-state index in [4.69, 9.17) is 5.73 Å². The Bertz CT molecular complexity index is 997. The van der Waals surface area contributed by atoms with Gasteiger partial charge in [0.15, 0.2) is 5.78 Å². The molecule has 0 bridgehead atoms. The van der Waals surface area contributed by atoms with Crippen LogP contribution in [0, 0.1) is 34.5 Å². The molecule has 0 aromatic heterocycles. The molecule has 4 fully saturated rings. The standard InChI is InChI=1S/C34H54N2O5/c1-33(2)26-22-36-29(28(26)33)27(38)20-23(30(39)31(35)40)15-11-8-6-4-5-7-9-12-16-24(32(36)41)19-25(37)21-34(3)17-13-10-14-18-34/h23-24,26,28-29H,4-22H2,1-3H3,(H2,35,40)/t23-,24-,26+,28+,29-/m1/s1. The van der Waals surface area contributed by atoms with Gasteiger partial charge in [0, 0.05) is 37.6 Å². The van der Waals surface area contributed by atoms with Crippen LogP contribution in [-0.2, 0) is 24.0 Å². The molecule has 2 N–H and O–H groups in total. The Morgan fingerprint density at radius 1 is 0.829 bits per heavy atom. The molecular formula is C34H54N2O5. The summed E-state index contributed by atoms with van der Waals surface area (Å²) in [4.78, 5) is 67.9. The molecule has 41 heavy (non-hydrogen) atoms. The second-order valence-electron chi connectivity index (χ2n) is 14.9. The van der Waals surface area contributed by atoms with Gasteiger partial charge < -0.3 is 10.6 Å². The fourth-order valence-corrected chi connectivity index (χ4v) is 8.57. The maximum atomic E-state index is 14.2. The van der Waals surface area contributed by atoms with Crippen molar-refractivity contribution in [2.24, 2.45) is 40.2 Å². The number of amides is 2. The third-order valence-electron chi connectivity index (χ3n) is 11.2. The Balaban J connectivity index is 1.55. The molecule has 0 aromatic rings. The number of nitrogens with two attached hydrogens (primary N) is 1. The molecule has 7 heteroatoms. The monoisotopic (exact) mass is 570 g/mol. The van der Waals surface area contributed by atoms with E-state index in [1.807, 2.05) is 0 Å². The molecule has 2 heterocycles. The van der Waals surface area contributed by atoms with E-state index in [1.165, 1.54) is 19.3 Å². The zero-order chi connectivity index (χ0) is 29.8. The maximum absolute atomic E-state index is 14.2. The molecule has 230 valence electrons. The minimum Gasteiger partial charge on any atom is -0.363 e. The van der Waals surface area contributed by atoms with Crippen molar-refractivity contribution in [3.63, 3.8) is 0 Å². The van der Waals surface area contributed by atoms with E-state index in [-0.39, 0.29) is 53.0 Å². The highest BCUT2D eigenvalue weighted by Crippen LogP contribution is 2.65. The number of carbonyl (C=O) groups is 5. The number of hydrogen-bond donors (Lipinski definition) is 1. The Kier molecular flexibility index (Phi) is 10.5. The summed E-state index contributed by atoms with van der Waals surface area (Å²) >= 11 is 0. The summed E-state index contributed by atoms with van der Waals surface area (Å²) < 4.78 is 0.